The molecule has 2 heterocycles. The minimum atomic E-state index is -0.965. The van der Waals surface area contributed by atoms with E-state index in [9.17, 15) is 13.2 Å². The second-order valence-corrected chi connectivity index (χ2v) is 6.13. The molecule has 5 nitrogen and oxygen atoms in total. The molecule has 8 heteroatoms. The van der Waals surface area contributed by atoms with Crippen LogP contribution in [0.25, 0.3) is 5.69 Å². The Bertz CT molecular complexity index is 934. The second kappa shape index (κ2) is 6.70. The molecule has 3 aromatic rings. The first-order valence-electron chi connectivity index (χ1n) is 8.28. The Morgan fingerprint density at radius 2 is 1.69 bits per heavy atom. The number of hydrogen-bond donors (Lipinski definition) is 1. The summed E-state index contributed by atoms with van der Waals surface area (Å²) in [6.45, 7) is 1.82. The van der Waals surface area contributed by atoms with E-state index in [4.69, 9.17) is 0 Å². The summed E-state index contributed by atoms with van der Waals surface area (Å²) in [5.74, 6) is -2.01. The van der Waals surface area contributed by atoms with E-state index < -0.39 is 11.6 Å². The molecule has 0 bridgehead atoms. The average molecular weight is 359 g/mol. The van der Waals surface area contributed by atoms with Gasteiger partial charge in [-0.15, -0.1) is 5.10 Å². The summed E-state index contributed by atoms with van der Waals surface area (Å²) < 4.78 is 41.7. The highest BCUT2D eigenvalue weighted by Gasteiger charge is 2.14. The van der Waals surface area contributed by atoms with E-state index in [2.05, 4.69) is 20.3 Å². The lowest BCUT2D eigenvalue weighted by atomic mass is 10.2. The van der Waals surface area contributed by atoms with Gasteiger partial charge in [-0.05, 0) is 43.2 Å². The lowest BCUT2D eigenvalue weighted by Crippen LogP contribution is -2.17. The van der Waals surface area contributed by atoms with E-state index in [0.29, 0.717) is 11.4 Å². The van der Waals surface area contributed by atoms with Gasteiger partial charge in [-0.3, -0.25) is 0 Å². The van der Waals surface area contributed by atoms with Crippen LogP contribution in [0.2, 0.25) is 0 Å². The number of halogens is 3. The Morgan fingerprint density at radius 1 is 0.885 bits per heavy atom. The Hall–Kier alpha value is -3.03. The van der Waals surface area contributed by atoms with Gasteiger partial charge in [0.15, 0.2) is 11.6 Å². The molecule has 0 atom stereocenters. The fourth-order valence-electron chi connectivity index (χ4n) is 3.01. The molecular formula is C18H16F3N5. The SMILES string of the molecule is Fc1cc(Nc2ncn(-c3ccc(F)c(F)c3)n2)cc(N2CCCC2)c1. The van der Waals surface area contributed by atoms with Gasteiger partial charge < -0.3 is 10.2 Å². The molecule has 1 N–H and O–H groups in total. The zero-order chi connectivity index (χ0) is 18.1. The van der Waals surface area contributed by atoms with Gasteiger partial charge in [0.05, 0.1) is 5.69 Å². The third kappa shape index (κ3) is 3.35. The maximum absolute atomic E-state index is 13.9. The molecule has 0 saturated carbocycles. The molecule has 0 spiro atoms. The van der Waals surface area contributed by atoms with Crippen LogP contribution < -0.4 is 10.2 Å². The van der Waals surface area contributed by atoms with Crippen LogP contribution in [0.4, 0.5) is 30.5 Å². The molecular weight excluding hydrogens is 343 g/mol. The van der Waals surface area contributed by atoms with Gasteiger partial charge >= 0.3 is 0 Å². The lowest BCUT2D eigenvalue weighted by molar-refractivity contribution is 0.507. The zero-order valence-corrected chi connectivity index (χ0v) is 13.8. The molecule has 1 aromatic heterocycles. The number of benzene rings is 2. The Balaban J connectivity index is 1.56. The summed E-state index contributed by atoms with van der Waals surface area (Å²) in [5.41, 5.74) is 1.67. The van der Waals surface area contributed by atoms with Crippen molar-refractivity contribution < 1.29 is 13.2 Å². The van der Waals surface area contributed by atoms with Crippen molar-refractivity contribution in [3.05, 3.63) is 60.2 Å². The summed E-state index contributed by atoms with van der Waals surface area (Å²) in [6.07, 6.45) is 3.56. The molecule has 134 valence electrons. The quantitative estimate of drug-likeness (QED) is 0.764. The van der Waals surface area contributed by atoms with Crippen LogP contribution in [0.5, 0.6) is 0 Å². The molecule has 0 radical (unpaired) electrons. The van der Waals surface area contributed by atoms with Crippen molar-refractivity contribution in [3.8, 4) is 5.69 Å². The van der Waals surface area contributed by atoms with Gasteiger partial charge in [0, 0.05) is 30.5 Å². The molecule has 1 saturated heterocycles. The number of aromatic nitrogens is 3. The Labute approximate surface area is 148 Å². The van der Waals surface area contributed by atoms with Gasteiger partial charge in [-0.1, -0.05) is 0 Å². The largest absolute Gasteiger partial charge is 0.371 e. The van der Waals surface area contributed by atoms with Gasteiger partial charge in [-0.2, -0.15) is 4.98 Å². The summed E-state index contributed by atoms with van der Waals surface area (Å²) in [7, 11) is 0. The van der Waals surface area contributed by atoms with Crippen LogP contribution >= 0.6 is 0 Å². The number of hydrogen-bond acceptors (Lipinski definition) is 4. The lowest BCUT2D eigenvalue weighted by Gasteiger charge is -2.18. The molecule has 4 rings (SSSR count). The van der Waals surface area contributed by atoms with Crippen LogP contribution in [0.1, 0.15) is 12.8 Å². The molecule has 1 aliphatic heterocycles. The van der Waals surface area contributed by atoms with Gasteiger partial charge in [0.1, 0.15) is 12.1 Å². The fourth-order valence-corrected chi connectivity index (χ4v) is 3.01. The summed E-state index contributed by atoms with van der Waals surface area (Å²) in [5, 5.41) is 7.12. The Kier molecular flexibility index (Phi) is 4.24. The maximum Gasteiger partial charge on any atom is 0.246 e. The molecule has 0 unspecified atom stereocenters. The second-order valence-electron chi connectivity index (χ2n) is 6.13. The van der Waals surface area contributed by atoms with Crippen molar-refractivity contribution in [2.45, 2.75) is 12.8 Å². The van der Waals surface area contributed by atoms with Crippen molar-refractivity contribution in [1.29, 1.82) is 0 Å². The zero-order valence-electron chi connectivity index (χ0n) is 13.8. The summed E-state index contributed by atoms with van der Waals surface area (Å²) in [4.78, 5) is 6.21. The number of nitrogens with zero attached hydrogens (tertiary/aromatic N) is 4. The van der Waals surface area contributed by atoms with Crippen LogP contribution in [-0.2, 0) is 0 Å². The molecule has 0 amide bonds. The van der Waals surface area contributed by atoms with Crippen LogP contribution in [0, 0.1) is 17.5 Å². The highest BCUT2D eigenvalue weighted by Crippen LogP contribution is 2.26. The first-order valence-corrected chi connectivity index (χ1v) is 8.28. The topological polar surface area (TPSA) is 46.0 Å². The van der Waals surface area contributed by atoms with Crippen LogP contribution in [0.3, 0.4) is 0 Å². The highest BCUT2D eigenvalue weighted by molar-refractivity contribution is 5.62. The minimum Gasteiger partial charge on any atom is -0.371 e. The van der Waals surface area contributed by atoms with E-state index in [-0.39, 0.29) is 11.8 Å². The van der Waals surface area contributed by atoms with Gasteiger partial charge in [0.2, 0.25) is 5.95 Å². The monoisotopic (exact) mass is 359 g/mol. The first-order chi connectivity index (χ1) is 12.6. The smallest absolute Gasteiger partial charge is 0.246 e. The van der Waals surface area contributed by atoms with Crippen LogP contribution in [-0.4, -0.2) is 27.9 Å². The molecule has 0 aliphatic carbocycles. The van der Waals surface area contributed by atoms with Crippen molar-refractivity contribution in [2.24, 2.45) is 0 Å². The standard InChI is InChI=1S/C18H16F3N5/c19-12-7-13(9-15(8-12)25-5-1-2-6-25)23-18-22-11-26(24-18)14-3-4-16(20)17(21)10-14/h3-4,7-11H,1-2,5-6H2,(H,23,24). The molecule has 2 aromatic carbocycles. The van der Waals surface area contributed by atoms with E-state index in [1.807, 2.05) is 6.07 Å². The van der Waals surface area contributed by atoms with Gasteiger partial charge in [-0.25, -0.2) is 17.9 Å². The molecule has 1 aliphatic rings. The third-order valence-electron chi connectivity index (χ3n) is 4.27. The van der Waals surface area contributed by atoms with Crippen molar-refractivity contribution in [2.75, 3.05) is 23.3 Å². The minimum absolute atomic E-state index is 0.229. The Morgan fingerprint density at radius 3 is 2.46 bits per heavy atom. The van der Waals surface area contributed by atoms with E-state index in [1.54, 1.807) is 0 Å². The maximum atomic E-state index is 13.9. The third-order valence-corrected chi connectivity index (χ3v) is 4.27. The van der Waals surface area contributed by atoms with Crippen molar-refractivity contribution in [3.63, 3.8) is 0 Å². The molecule has 26 heavy (non-hydrogen) atoms. The predicted molar refractivity (Wildman–Crippen MR) is 92.4 cm³/mol. The van der Waals surface area contributed by atoms with Gasteiger partial charge in [0.25, 0.3) is 0 Å². The molecule has 1 fully saturated rings. The average Bonchev–Trinajstić information content (AvgIpc) is 3.29. The van der Waals surface area contributed by atoms with E-state index >= 15 is 0 Å². The van der Waals surface area contributed by atoms with E-state index in [0.717, 1.165) is 43.8 Å². The normalized spacial score (nSPS) is 14.0. The van der Waals surface area contributed by atoms with Crippen molar-refractivity contribution >= 4 is 17.3 Å². The predicted octanol–water partition coefficient (Wildman–Crippen LogP) is 4.03. The fraction of sp³-hybridized carbons (Fsp3) is 0.222. The number of nitrogens with one attached hydrogen (secondary N) is 1. The number of rotatable bonds is 4. The summed E-state index contributed by atoms with van der Waals surface area (Å²) >= 11 is 0. The first kappa shape index (κ1) is 16.4. The van der Waals surface area contributed by atoms with Crippen LogP contribution in [0.15, 0.2) is 42.7 Å². The van der Waals surface area contributed by atoms with E-state index in [1.165, 1.54) is 29.2 Å². The highest BCUT2D eigenvalue weighted by atomic mass is 19.2. The van der Waals surface area contributed by atoms with Crippen molar-refractivity contribution in [1.82, 2.24) is 14.8 Å². The number of anilines is 3. The summed E-state index contributed by atoms with van der Waals surface area (Å²) in [6, 6.07) is 8.15.